The number of hydrogen-bond donors (Lipinski definition) is 1. The number of aromatic nitrogens is 3. The first-order valence-electron chi connectivity index (χ1n) is 10.2. The fraction of sp³-hybridized carbons (Fsp3) is 0.524. The molecule has 0 radical (unpaired) electrons. The molecular weight excluding hydrogens is 404 g/mol. The van der Waals surface area contributed by atoms with Crippen LogP contribution in [0.5, 0.6) is 5.75 Å². The predicted molar refractivity (Wildman–Crippen MR) is 115 cm³/mol. The van der Waals surface area contributed by atoms with E-state index in [0.29, 0.717) is 23.3 Å². The quantitative estimate of drug-likeness (QED) is 0.605. The van der Waals surface area contributed by atoms with E-state index in [1.54, 1.807) is 18.0 Å². The Kier molecular flexibility index (Phi) is 5.48. The van der Waals surface area contributed by atoms with Gasteiger partial charge in [-0.2, -0.15) is 5.10 Å². The molecule has 1 aromatic carbocycles. The Hall–Kier alpha value is -2.55. The van der Waals surface area contributed by atoms with Crippen LogP contribution in [0.1, 0.15) is 45.1 Å². The zero-order valence-electron chi connectivity index (χ0n) is 17.6. The van der Waals surface area contributed by atoms with E-state index in [1.807, 2.05) is 24.4 Å². The molecule has 8 nitrogen and oxygen atoms in total. The van der Waals surface area contributed by atoms with Crippen LogP contribution < -0.4 is 9.46 Å². The average molecular weight is 433 g/mol. The van der Waals surface area contributed by atoms with Crippen molar-refractivity contribution in [1.82, 2.24) is 14.9 Å². The van der Waals surface area contributed by atoms with E-state index in [2.05, 4.69) is 28.8 Å². The molecule has 0 aliphatic heterocycles. The molecule has 2 heterocycles. The molecule has 30 heavy (non-hydrogen) atoms. The second kappa shape index (κ2) is 7.94. The number of methoxy groups -OCH3 is 1. The van der Waals surface area contributed by atoms with Gasteiger partial charge in [0, 0.05) is 12.4 Å². The van der Waals surface area contributed by atoms with Crippen LogP contribution in [0.15, 0.2) is 35.1 Å². The monoisotopic (exact) mass is 432 g/mol. The van der Waals surface area contributed by atoms with Crippen molar-refractivity contribution in [3.8, 4) is 5.75 Å². The number of anilines is 1. The lowest BCUT2D eigenvalue weighted by molar-refractivity contribution is 0.156. The molecule has 2 aromatic heterocycles. The van der Waals surface area contributed by atoms with Crippen molar-refractivity contribution in [3.05, 3.63) is 36.2 Å². The van der Waals surface area contributed by atoms with E-state index in [4.69, 9.17) is 9.26 Å². The minimum Gasteiger partial charge on any atom is -0.496 e. The Labute approximate surface area is 176 Å². The summed E-state index contributed by atoms with van der Waals surface area (Å²) in [5, 5.41) is 8.72. The smallest absolute Gasteiger partial charge is 0.234 e. The lowest BCUT2D eigenvalue weighted by atomic mass is 9.70. The van der Waals surface area contributed by atoms with Gasteiger partial charge in [0.2, 0.25) is 10.0 Å². The molecule has 0 amide bonds. The van der Waals surface area contributed by atoms with Gasteiger partial charge in [0.1, 0.15) is 11.1 Å². The first-order valence-corrected chi connectivity index (χ1v) is 11.9. The fourth-order valence-corrected chi connectivity index (χ4v) is 5.99. The van der Waals surface area contributed by atoms with Gasteiger partial charge >= 0.3 is 0 Å². The van der Waals surface area contributed by atoms with Crippen LogP contribution in [0.3, 0.4) is 0 Å². The molecule has 4 rings (SSSR count). The summed E-state index contributed by atoms with van der Waals surface area (Å²) in [6.07, 6.45) is 7.78. The zero-order chi connectivity index (χ0) is 21.4. The summed E-state index contributed by atoms with van der Waals surface area (Å²) in [5.41, 5.74) is 1.39. The van der Waals surface area contributed by atoms with Gasteiger partial charge in [0.05, 0.1) is 19.4 Å². The van der Waals surface area contributed by atoms with Gasteiger partial charge in [0.15, 0.2) is 11.4 Å². The topological polar surface area (TPSA) is 99.2 Å². The van der Waals surface area contributed by atoms with Crippen molar-refractivity contribution >= 4 is 26.8 Å². The predicted octanol–water partition coefficient (Wildman–Crippen LogP) is 4.04. The molecule has 3 aromatic rings. The highest BCUT2D eigenvalue weighted by molar-refractivity contribution is 7.92. The zero-order valence-corrected chi connectivity index (χ0v) is 18.4. The molecule has 1 fully saturated rings. The van der Waals surface area contributed by atoms with E-state index < -0.39 is 10.0 Å². The van der Waals surface area contributed by atoms with Crippen molar-refractivity contribution in [2.45, 2.75) is 46.1 Å². The largest absolute Gasteiger partial charge is 0.496 e. The van der Waals surface area contributed by atoms with Crippen molar-refractivity contribution in [2.24, 2.45) is 11.3 Å². The Morgan fingerprint density at radius 3 is 2.87 bits per heavy atom. The lowest BCUT2D eigenvalue weighted by Gasteiger charge is -2.38. The van der Waals surface area contributed by atoms with Crippen LogP contribution in [-0.2, 0) is 16.6 Å². The molecule has 1 aliphatic rings. The fourth-order valence-electron chi connectivity index (χ4n) is 4.32. The van der Waals surface area contributed by atoms with E-state index in [0.717, 1.165) is 31.2 Å². The van der Waals surface area contributed by atoms with E-state index >= 15 is 0 Å². The minimum atomic E-state index is -3.58. The maximum absolute atomic E-state index is 12.9. The maximum Gasteiger partial charge on any atom is 0.234 e. The van der Waals surface area contributed by atoms with Gasteiger partial charge in [-0.15, -0.1) is 0 Å². The van der Waals surface area contributed by atoms with Gasteiger partial charge in [-0.3, -0.25) is 9.40 Å². The third kappa shape index (κ3) is 4.30. The lowest BCUT2D eigenvalue weighted by Crippen LogP contribution is -2.35. The Morgan fingerprint density at radius 2 is 2.17 bits per heavy atom. The third-order valence-electron chi connectivity index (χ3n) is 6.12. The summed E-state index contributed by atoms with van der Waals surface area (Å²) in [4.78, 5) is 0. The second-order valence-corrected chi connectivity index (χ2v) is 10.5. The standard InChI is InChI=1S/C21H28N4O4S/c1-21(2)8-5-4-7-16(21)14-30(26,27)24-20-19-17(28-3)11-15(12-18(19)29-23-20)13-25-10-6-9-22-25/h6,9-12,16H,4-5,7-8,13-14H2,1-3H3,(H,23,24). The number of nitrogens with zero attached hydrogens (tertiary/aromatic N) is 3. The molecule has 162 valence electrons. The van der Waals surface area contributed by atoms with Gasteiger partial charge in [-0.05, 0) is 47.9 Å². The molecule has 1 N–H and O–H groups in total. The Balaban J connectivity index is 1.59. The van der Waals surface area contributed by atoms with Gasteiger partial charge in [0.25, 0.3) is 0 Å². The first kappa shape index (κ1) is 20.7. The number of fused-ring (bicyclic) bond motifs is 1. The minimum absolute atomic E-state index is 0.0119. The highest BCUT2D eigenvalue weighted by Gasteiger charge is 2.35. The first-order chi connectivity index (χ1) is 14.3. The van der Waals surface area contributed by atoms with E-state index in [1.165, 1.54) is 0 Å². The van der Waals surface area contributed by atoms with Crippen LogP contribution in [-0.4, -0.2) is 36.2 Å². The van der Waals surface area contributed by atoms with Crippen LogP contribution >= 0.6 is 0 Å². The molecule has 1 saturated carbocycles. The number of nitrogens with one attached hydrogen (secondary N) is 1. The molecule has 1 atom stereocenters. The number of benzene rings is 1. The summed E-state index contributed by atoms with van der Waals surface area (Å²) in [7, 11) is -2.04. The van der Waals surface area contributed by atoms with Crippen molar-refractivity contribution in [1.29, 1.82) is 0 Å². The summed E-state index contributed by atoms with van der Waals surface area (Å²) in [6.45, 7) is 4.85. The van der Waals surface area contributed by atoms with Crippen LogP contribution in [0.2, 0.25) is 0 Å². The number of sulfonamides is 1. The Bertz CT molecular complexity index is 1120. The highest BCUT2D eigenvalue weighted by Crippen LogP contribution is 2.41. The summed E-state index contributed by atoms with van der Waals surface area (Å²) >= 11 is 0. The number of ether oxygens (including phenoxy) is 1. The number of hydrogen-bond acceptors (Lipinski definition) is 6. The summed E-state index contributed by atoms with van der Waals surface area (Å²) < 4.78 is 41.2. The van der Waals surface area contributed by atoms with Gasteiger partial charge < -0.3 is 9.26 Å². The molecule has 1 aliphatic carbocycles. The Morgan fingerprint density at radius 1 is 1.33 bits per heavy atom. The highest BCUT2D eigenvalue weighted by atomic mass is 32.2. The molecule has 0 spiro atoms. The normalized spacial score (nSPS) is 19.1. The van der Waals surface area contributed by atoms with Crippen LogP contribution in [0.4, 0.5) is 5.82 Å². The maximum atomic E-state index is 12.9. The summed E-state index contributed by atoms with van der Waals surface area (Å²) in [5.74, 6) is 0.866. The van der Waals surface area contributed by atoms with Crippen molar-refractivity contribution < 1.29 is 17.7 Å². The van der Waals surface area contributed by atoms with Crippen LogP contribution in [0.25, 0.3) is 11.0 Å². The van der Waals surface area contributed by atoms with Crippen LogP contribution in [0, 0.1) is 11.3 Å². The number of rotatable bonds is 7. The van der Waals surface area contributed by atoms with E-state index in [9.17, 15) is 8.42 Å². The van der Waals surface area contributed by atoms with E-state index in [-0.39, 0.29) is 22.9 Å². The summed E-state index contributed by atoms with van der Waals surface area (Å²) in [6, 6.07) is 5.53. The SMILES string of the molecule is COc1cc(Cn2cccn2)cc2onc(NS(=O)(=O)CC3CCCCC3(C)C)c12. The van der Waals surface area contributed by atoms with Gasteiger partial charge in [-0.25, -0.2) is 8.42 Å². The van der Waals surface area contributed by atoms with Crippen molar-refractivity contribution in [2.75, 3.05) is 17.6 Å². The second-order valence-electron chi connectivity index (χ2n) is 8.72. The molecular formula is C21H28N4O4S. The van der Waals surface area contributed by atoms with Gasteiger partial charge in [-0.1, -0.05) is 31.8 Å². The molecule has 0 bridgehead atoms. The molecule has 1 unspecified atom stereocenters. The average Bonchev–Trinajstić information content (AvgIpc) is 3.33. The molecule has 9 heteroatoms. The third-order valence-corrected chi connectivity index (χ3v) is 7.47. The van der Waals surface area contributed by atoms with Crippen molar-refractivity contribution in [3.63, 3.8) is 0 Å². The molecule has 0 saturated heterocycles.